The van der Waals surface area contributed by atoms with Gasteiger partial charge in [-0.1, -0.05) is 30.3 Å². The highest BCUT2D eigenvalue weighted by atomic mass is 32.2. The van der Waals surface area contributed by atoms with E-state index in [1.165, 1.54) is 5.56 Å². The molecule has 1 fully saturated rings. The molecule has 0 radical (unpaired) electrons. The molecule has 1 saturated carbocycles. The average Bonchev–Trinajstić information content (AvgIpc) is 3.08. The Morgan fingerprint density at radius 2 is 1.95 bits per heavy atom. The van der Waals surface area contributed by atoms with E-state index in [9.17, 15) is 9.00 Å². The predicted molar refractivity (Wildman–Crippen MR) is 76.6 cm³/mol. The minimum atomic E-state index is -0.880. The van der Waals surface area contributed by atoms with Crippen LogP contribution in [0.2, 0.25) is 0 Å². The predicted octanol–water partition coefficient (Wildman–Crippen LogP) is 2.62. The number of carboxylic acids is 1. The zero-order valence-electron chi connectivity index (χ0n) is 11.0. The molecule has 1 unspecified atom stereocenters. The third kappa shape index (κ3) is 4.78. The average molecular weight is 280 g/mol. The summed E-state index contributed by atoms with van der Waals surface area (Å²) in [7, 11) is -0.880. The van der Waals surface area contributed by atoms with Gasteiger partial charge in [0.25, 0.3) is 0 Å². The van der Waals surface area contributed by atoms with Crippen molar-refractivity contribution >= 4 is 16.8 Å². The van der Waals surface area contributed by atoms with Crippen molar-refractivity contribution in [2.45, 2.75) is 32.1 Å². The molecule has 4 heteroatoms. The van der Waals surface area contributed by atoms with Crippen molar-refractivity contribution in [1.82, 2.24) is 0 Å². The third-order valence-corrected chi connectivity index (χ3v) is 5.31. The first-order chi connectivity index (χ1) is 9.10. The van der Waals surface area contributed by atoms with Gasteiger partial charge in [0.1, 0.15) is 0 Å². The minimum Gasteiger partial charge on any atom is -0.481 e. The smallest absolute Gasteiger partial charge is 0.303 e. The van der Waals surface area contributed by atoms with Crippen LogP contribution < -0.4 is 0 Å². The molecule has 19 heavy (non-hydrogen) atoms. The highest BCUT2D eigenvalue weighted by molar-refractivity contribution is 7.85. The van der Waals surface area contributed by atoms with E-state index in [1.807, 2.05) is 18.2 Å². The molecular weight excluding hydrogens is 260 g/mol. The van der Waals surface area contributed by atoms with Gasteiger partial charge in [0.15, 0.2) is 0 Å². The van der Waals surface area contributed by atoms with Crippen LogP contribution in [0.1, 0.15) is 31.2 Å². The lowest BCUT2D eigenvalue weighted by molar-refractivity contribution is -0.138. The number of hydrogen-bond acceptors (Lipinski definition) is 2. The molecule has 1 aromatic carbocycles. The van der Waals surface area contributed by atoms with Crippen molar-refractivity contribution in [2.24, 2.45) is 5.41 Å². The molecule has 0 aliphatic heterocycles. The summed E-state index contributed by atoms with van der Waals surface area (Å²) < 4.78 is 12.0. The van der Waals surface area contributed by atoms with Gasteiger partial charge in [-0.15, -0.1) is 0 Å². The van der Waals surface area contributed by atoms with Gasteiger partial charge in [0.05, 0.1) is 6.42 Å². The van der Waals surface area contributed by atoms with E-state index < -0.39 is 16.8 Å². The number of aryl methyl sites for hydroxylation is 1. The normalized spacial score (nSPS) is 17.9. The van der Waals surface area contributed by atoms with Crippen LogP contribution in [0, 0.1) is 5.41 Å². The molecule has 104 valence electrons. The summed E-state index contributed by atoms with van der Waals surface area (Å²) in [5, 5.41) is 8.83. The fourth-order valence-corrected chi connectivity index (χ4v) is 4.05. The van der Waals surface area contributed by atoms with E-state index in [0.29, 0.717) is 11.5 Å². The molecule has 0 amide bonds. The third-order valence-electron chi connectivity index (χ3n) is 3.63. The molecule has 1 atom stereocenters. The lowest BCUT2D eigenvalue weighted by Gasteiger charge is -2.11. The Balaban J connectivity index is 1.69. The van der Waals surface area contributed by atoms with Gasteiger partial charge in [0.2, 0.25) is 0 Å². The van der Waals surface area contributed by atoms with Crippen LogP contribution in [0.3, 0.4) is 0 Å². The van der Waals surface area contributed by atoms with Crippen molar-refractivity contribution in [3.8, 4) is 0 Å². The van der Waals surface area contributed by atoms with Crippen LogP contribution in [0.5, 0.6) is 0 Å². The van der Waals surface area contributed by atoms with Gasteiger partial charge in [-0.05, 0) is 36.7 Å². The number of carbonyl (C=O) groups is 1. The highest BCUT2D eigenvalue weighted by Crippen LogP contribution is 2.49. The van der Waals surface area contributed by atoms with Crippen molar-refractivity contribution < 1.29 is 14.1 Å². The zero-order valence-corrected chi connectivity index (χ0v) is 11.8. The molecule has 1 aromatic rings. The second kappa shape index (κ2) is 6.33. The van der Waals surface area contributed by atoms with E-state index in [2.05, 4.69) is 12.1 Å². The fourth-order valence-electron chi connectivity index (χ4n) is 2.37. The maximum Gasteiger partial charge on any atom is 0.303 e. The molecule has 1 aliphatic rings. The molecule has 0 heterocycles. The van der Waals surface area contributed by atoms with Crippen LogP contribution in [0.4, 0.5) is 0 Å². The Hall–Kier alpha value is -1.16. The summed E-state index contributed by atoms with van der Waals surface area (Å²) in [4.78, 5) is 10.7. The van der Waals surface area contributed by atoms with Crippen LogP contribution in [-0.2, 0) is 22.0 Å². The molecule has 2 rings (SSSR count). The monoisotopic (exact) mass is 280 g/mol. The van der Waals surface area contributed by atoms with Gasteiger partial charge in [0, 0.05) is 22.3 Å². The van der Waals surface area contributed by atoms with Gasteiger partial charge < -0.3 is 5.11 Å². The lowest BCUT2D eigenvalue weighted by atomic mass is 10.1. The summed E-state index contributed by atoms with van der Waals surface area (Å²) in [6.45, 7) is 0. The Labute approximate surface area is 116 Å². The summed E-state index contributed by atoms with van der Waals surface area (Å²) in [5.74, 6) is 0.475. The molecule has 1 aliphatic carbocycles. The Morgan fingerprint density at radius 1 is 1.26 bits per heavy atom. The fraction of sp³-hybridized carbons (Fsp3) is 0.533. The number of carboxylic acid groups (broad SMARTS) is 1. The number of benzene rings is 1. The highest BCUT2D eigenvalue weighted by Gasteiger charge is 2.45. The molecule has 0 saturated heterocycles. The van der Waals surface area contributed by atoms with Gasteiger partial charge in [-0.25, -0.2) is 0 Å². The SMILES string of the molecule is O=C(O)CC1(CS(=O)CCCc2ccccc2)CC1. The lowest BCUT2D eigenvalue weighted by Crippen LogP contribution is -2.18. The first kappa shape index (κ1) is 14.3. The van der Waals surface area contributed by atoms with Crippen molar-refractivity contribution in [3.05, 3.63) is 35.9 Å². The van der Waals surface area contributed by atoms with Crippen LogP contribution in [-0.4, -0.2) is 26.8 Å². The van der Waals surface area contributed by atoms with E-state index >= 15 is 0 Å². The Morgan fingerprint density at radius 3 is 2.53 bits per heavy atom. The molecule has 3 nitrogen and oxygen atoms in total. The molecule has 0 spiro atoms. The maximum atomic E-state index is 12.0. The number of hydrogen-bond donors (Lipinski definition) is 1. The van der Waals surface area contributed by atoms with Crippen molar-refractivity contribution in [3.63, 3.8) is 0 Å². The zero-order chi connectivity index (χ0) is 13.7. The van der Waals surface area contributed by atoms with Crippen molar-refractivity contribution in [2.75, 3.05) is 11.5 Å². The summed E-state index contributed by atoms with van der Waals surface area (Å²) in [6, 6.07) is 10.2. The van der Waals surface area contributed by atoms with E-state index in [0.717, 1.165) is 25.7 Å². The molecule has 0 bridgehead atoms. The maximum absolute atomic E-state index is 12.0. The first-order valence-corrected chi connectivity index (χ1v) is 8.19. The van der Waals surface area contributed by atoms with Crippen LogP contribution >= 0.6 is 0 Å². The number of rotatable bonds is 8. The van der Waals surface area contributed by atoms with Gasteiger partial charge in [-0.2, -0.15) is 0 Å². The second-order valence-corrected chi connectivity index (χ2v) is 7.02. The second-order valence-electron chi connectivity index (χ2n) is 5.45. The Bertz CT molecular complexity index is 452. The van der Waals surface area contributed by atoms with Gasteiger partial charge >= 0.3 is 5.97 Å². The van der Waals surface area contributed by atoms with Crippen molar-refractivity contribution in [1.29, 1.82) is 0 Å². The quantitative estimate of drug-likeness (QED) is 0.796. The standard InChI is InChI=1S/C15H20O3S/c16-14(17)11-15(8-9-15)12-19(18)10-4-7-13-5-2-1-3-6-13/h1-3,5-6H,4,7-12H2,(H,16,17). The Kier molecular flexibility index (Phi) is 4.75. The van der Waals surface area contributed by atoms with Crippen LogP contribution in [0.25, 0.3) is 0 Å². The summed E-state index contributed by atoms with van der Waals surface area (Å²) >= 11 is 0. The number of aliphatic carboxylic acids is 1. The topological polar surface area (TPSA) is 54.4 Å². The van der Waals surface area contributed by atoms with Crippen LogP contribution in [0.15, 0.2) is 30.3 Å². The first-order valence-electron chi connectivity index (χ1n) is 6.70. The van der Waals surface area contributed by atoms with Gasteiger partial charge in [-0.3, -0.25) is 9.00 Å². The summed E-state index contributed by atoms with van der Waals surface area (Å²) in [5.41, 5.74) is 1.12. The molecule has 1 N–H and O–H groups in total. The molecule has 0 aromatic heterocycles. The van der Waals surface area contributed by atoms with E-state index in [-0.39, 0.29) is 11.8 Å². The molecular formula is C15H20O3S. The van der Waals surface area contributed by atoms with E-state index in [4.69, 9.17) is 5.11 Å². The largest absolute Gasteiger partial charge is 0.481 e. The minimum absolute atomic E-state index is 0.149. The summed E-state index contributed by atoms with van der Waals surface area (Å²) in [6.07, 6.45) is 3.86. The van der Waals surface area contributed by atoms with E-state index in [1.54, 1.807) is 0 Å².